The number of aromatic nitrogens is 1. The van der Waals surface area contributed by atoms with E-state index < -0.39 is 50.9 Å². The van der Waals surface area contributed by atoms with Crippen molar-refractivity contribution < 1.29 is 34.8 Å². The van der Waals surface area contributed by atoms with Gasteiger partial charge < -0.3 is 4.57 Å². The average molecular weight is 533 g/mol. The van der Waals surface area contributed by atoms with Crippen LogP contribution in [0.3, 0.4) is 0 Å². The first-order valence-electron chi connectivity index (χ1n) is 11.4. The quantitative estimate of drug-likeness (QED) is 0.337. The van der Waals surface area contributed by atoms with Crippen molar-refractivity contribution in [1.29, 1.82) is 0 Å². The molecular weight excluding hydrogens is 506 g/mol. The molecule has 0 bridgehead atoms. The van der Waals surface area contributed by atoms with Crippen molar-refractivity contribution in [1.82, 2.24) is 9.29 Å². The third kappa shape index (κ3) is 5.41. The van der Waals surface area contributed by atoms with Gasteiger partial charge in [-0.15, -0.1) is 0 Å². The molecule has 1 heterocycles. The van der Waals surface area contributed by atoms with E-state index in [4.69, 9.17) is 0 Å². The van der Waals surface area contributed by atoms with Crippen LogP contribution in [0.5, 0.6) is 0 Å². The zero-order valence-electron chi connectivity index (χ0n) is 19.8. The zero-order valence-corrected chi connectivity index (χ0v) is 20.7. The molecule has 1 saturated carbocycles. The van der Waals surface area contributed by atoms with Gasteiger partial charge >= 0.3 is 6.18 Å². The highest BCUT2D eigenvalue weighted by molar-refractivity contribution is 7.90. The van der Waals surface area contributed by atoms with Crippen molar-refractivity contribution >= 4 is 20.9 Å². The monoisotopic (exact) mass is 532 g/mol. The molecule has 1 aromatic heterocycles. The van der Waals surface area contributed by atoms with Crippen molar-refractivity contribution in [3.8, 4) is 11.1 Å². The molecule has 4 nitrogen and oxygen atoms in total. The van der Waals surface area contributed by atoms with Crippen molar-refractivity contribution in [3.63, 3.8) is 0 Å². The van der Waals surface area contributed by atoms with Gasteiger partial charge in [0.1, 0.15) is 11.9 Å². The van der Waals surface area contributed by atoms with Crippen LogP contribution in [-0.4, -0.2) is 24.7 Å². The van der Waals surface area contributed by atoms with Crippen LogP contribution in [0.2, 0.25) is 0 Å². The molecule has 1 aliphatic carbocycles. The second kappa shape index (κ2) is 9.09. The molecular formula is C25H26F6N2O2S. The highest BCUT2D eigenvalue weighted by atomic mass is 32.2. The lowest BCUT2D eigenvalue weighted by Crippen LogP contribution is -2.35. The van der Waals surface area contributed by atoms with Gasteiger partial charge in [0.15, 0.2) is 0 Å². The number of hydrogen-bond donors (Lipinski definition) is 1. The van der Waals surface area contributed by atoms with E-state index in [1.807, 2.05) is 20.8 Å². The summed E-state index contributed by atoms with van der Waals surface area (Å²) < 4.78 is 113. The number of nitrogens with one attached hydrogen (secondary N) is 1. The van der Waals surface area contributed by atoms with Crippen molar-refractivity contribution in [3.05, 3.63) is 59.5 Å². The Morgan fingerprint density at radius 2 is 1.75 bits per heavy atom. The van der Waals surface area contributed by atoms with Crippen LogP contribution >= 0.6 is 0 Å². The number of hydrogen-bond acceptors (Lipinski definition) is 2. The van der Waals surface area contributed by atoms with Gasteiger partial charge in [0.2, 0.25) is 10.0 Å². The summed E-state index contributed by atoms with van der Waals surface area (Å²) in [6, 6.07) is 4.74. The Morgan fingerprint density at radius 1 is 1.08 bits per heavy atom. The number of fused-ring (bicyclic) bond motifs is 1. The second-order valence-corrected chi connectivity index (χ2v) is 12.3. The van der Waals surface area contributed by atoms with Crippen LogP contribution in [0.25, 0.3) is 22.0 Å². The smallest absolute Gasteiger partial charge is 0.347 e. The van der Waals surface area contributed by atoms with Gasteiger partial charge in [-0.1, -0.05) is 39.0 Å². The third-order valence-electron chi connectivity index (χ3n) is 6.01. The second-order valence-electron chi connectivity index (χ2n) is 10.3. The van der Waals surface area contributed by atoms with E-state index >= 15 is 0 Å². The predicted octanol–water partition coefficient (Wildman–Crippen LogP) is 6.90. The Balaban J connectivity index is 1.91. The summed E-state index contributed by atoms with van der Waals surface area (Å²) in [5.74, 6) is -1.07. The fraction of sp³-hybridized carbons (Fsp3) is 0.440. The first-order valence-corrected chi connectivity index (χ1v) is 12.9. The van der Waals surface area contributed by atoms with Crippen LogP contribution in [-0.2, 0) is 22.7 Å². The largest absolute Gasteiger partial charge is 0.417 e. The Labute approximate surface area is 205 Å². The SMILES string of the molecule is CC(C)(C)Cn1cc(C(NS(=O)(=O)C2CC2)C(F)F)c2ccc(-c3c(F)cccc3C(F)(F)F)cc21. The molecule has 0 radical (unpaired) electrons. The van der Waals surface area contributed by atoms with E-state index in [1.54, 1.807) is 4.57 Å². The fourth-order valence-electron chi connectivity index (χ4n) is 4.32. The Hall–Kier alpha value is -2.53. The lowest BCUT2D eigenvalue weighted by molar-refractivity contribution is -0.137. The summed E-state index contributed by atoms with van der Waals surface area (Å²) >= 11 is 0. The number of halogens is 6. The lowest BCUT2D eigenvalue weighted by atomic mass is 9.96. The molecule has 0 spiro atoms. The molecule has 3 aromatic rings. The number of nitrogens with zero attached hydrogens (tertiary/aromatic N) is 1. The maximum absolute atomic E-state index is 14.7. The molecule has 4 rings (SSSR count). The molecule has 1 aliphatic rings. The van der Waals surface area contributed by atoms with Gasteiger partial charge in [0.05, 0.1) is 10.8 Å². The Kier molecular flexibility index (Phi) is 6.70. The van der Waals surface area contributed by atoms with Gasteiger partial charge in [-0.05, 0) is 42.0 Å². The highest BCUT2D eigenvalue weighted by Crippen LogP contribution is 2.41. The van der Waals surface area contributed by atoms with Crippen LogP contribution in [0.15, 0.2) is 42.6 Å². The van der Waals surface area contributed by atoms with Gasteiger partial charge in [0, 0.05) is 34.8 Å². The molecule has 1 atom stereocenters. The summed E-state index contributed by atoms with van der Waals surface area (Å²) in [5, 5.41) is -0.466. The van der Waals surface area contributed by atoms with E-state index in [2.05, 4.69) is 4.72 Å². The molecule has 0 amide bonds. The molecule has 11 heteroatoms. The Bertz CT molecular complexity index is 1390. The molecule has 1 N–H and O–H groups in total. The summed E-state index contributed by atoms with van der Waals surface area (Å²) in [6.45, 7) is 5.96. The molecule has 0 aliphatic heterocycles. The van der Waals surface area contributed by atoms with Crippen LogP contribution < -0.4 is 4.72 Å². The van der Waals surface area contributed by atoms with Gasteiger partial charge in [-0.25, -0.2) is 26.3 Å². The van der Waals surface area contributed by atoms with Gasteiger partial charge in [-0.3, -0.25) is 0 Å². The minimum Gasteiger partial charge on any atom is -0.347 e. The molecule has 2 aromatic carbocycles. The molecule has 36 heavy (non-hydrogen) atoms. The van der Waals surface area contributed by atoms with Crippen molar-refractivity contribution in [2.75, 3.05) is 0 Å². The Morgan fingerprint density at radius 3 is 2.31 bits per heavy atom. The van der Waals surface area contributed by atoms with E-state index in [1.165, 1.54) is 24.4 Å². The third-order valence-corrected chi connectivity index (χ3v) is 7.94. The van der Waals surface area contributed by atoms with E-state index in [9.17, 15) is 34.8 Å². The molecule has 1 unspecified atom stereocenters. The maximum atomic E-state index is 14.7. The molecule has 0 saturated heterocycles. The molecule has 1 fully saturated rings. The predicted molar refractivity (Wildman–Crippen MR) is 126 cm³/mol. The van der Waals surface area contributed by atoms with Gasteiger partial charge in [-0.2, -0.15) is 13.2 Å². The maximum Gasteiger partial charge on any atom is 0.417 e. The topological polar surface area (TPSA) is 51.1 Å². The van der Waals surface area contributed by atoms with Crippen molar-refractivity contribution in [2.45, 2.75) is 64.1 Å². The van der Waals surface area contributed by atoms with Crippen LogP contribution in [0.4, 0.5) is 26.3 Å². The fourth-order valence-corrected chi connectivity index (χ4v) is 5.85. The summed E-state index contributed by atoms with van der Waals surface area (Å²) in [5.41, 5.74) is -1.92. The first-order chi connectivity index (χ1) is 16.6. The molecule has 196 valence electrons. The van der Waals surface area contributed by atoms with Crippen molar-refractivity contribution in [2.24, 2.45) is 5.41 Å². The normalized spacial score (nSPS) is 16.2. The lowest BCUT2D eigenvalue weighted by Gasteiger charge is -2.20. The minimum atomic E-state index is -4.81. The number of rotatable bonds is 7. The van der Waals surface area contributed by atoms with E-state index in [0.717, 1.165) is 18.2 Å². The summed E-state index contributed by atoms with van der Waals surface area (Å²) in [6.07, 6.45) is -5.70. The first kappa shape index (κ1) is 26.5. The van der Waals surface area contributed by atoms with E-state index in [0.29, 0.717) is 24.9 Å². The standard InChI is InChI=1S/C25H26F6N2O2S/c1-24(2,3)13-33-12-17(22(23(27)28)32-36(34,35)15-8-9-15)16-10-7-14(11-20(16)33)21-18(25(29,30)31)5-4-6-19(21)26/h4-7,10-12,15,22-23,32H,8-9,13H2,1-3H3. The number of sulfonamides is 1. The minimum absolute atomic E-state index is 0.00426. The number of alkyl halides is 5. The van der Waals surface area contributed by atoms with E-state index in [-0.39, 0.29) is 21.9 Å². The highest BCUT2D eigenvalue weighted by Gasteiger charge is 2.40. The summed E-state index contributed by atoms with van der Waals surface area (Å²) in [4.78, 5) is 0. The van der Waals surface area contributed by atoms with Crippen LogP contribution in [0.1, 0.15) is 50.8 Å². The number of benzene rings is 2. The summed E-state index contributed by atoms with van der Waals surface area (Å²) in [7, 11) is -3.97. The average Bonchev–Trinajstić information content (AvgIpc) is 3.55. The zero-order chi connectivity index (χ0) is 26.6. The van der Waals surface area contributed by atoms with Crippen LogP contribution in [0, 0.1) is 11.2 Å². The van der Waals surface area contributed by atoms with Gasteiger partial charge in [0.25, 0.3) is 6.43 Å².